The van der Waals surface area contributed by atoms with Crippen molar-refractivity contribution in [2.24, 2.45) is 21.9 Å². The largest absolute Gasteiger partial charge is 0.495 e. The number of azide groups is 1. The normalized spacial score (nSPS) is 24.9. The lowest BCUT2D eigenvalue weighted by molar-refractivity contribution is -0.157. The Morgan fingerprint density at radius 3 is 2.28 bits per heavy atom. The Morgan fingerprint density at radius 1 is 1.02 bits per heavy atom. The minimum atomic E-state index is -2.21. The lowest BCUT2D eigenvalue weighted by Crippen LogP contribution is -2.57. The number of amides is 3. The zero-order valence-electron chi connectivity index (χ0n) is 36.5. The molecule has 1 saturated heterocycles. The first-order valence-electron chi connectivity index (χ1n) is 20.9. The molecule has 0 aliphatic carbocycles. The molecular formula is C44H63ClN6O8Si. The predicted octanol–water partition coefficient (Wildman–Crippen LogP) is 7.90. The fraction of sp³-hybridized carbons (Fsp3) is 0.591. The van der Waals surface area contributed by atoms with E-state index in [0.717, 1.165) is 29.3 Å². The van der Waals surface area contributed by atoms with Gasteiger partial charge in [0.05, 0.1) is 30.2 Å². The minimum absolute atomic E-state index is 0.0125. The van der Waals surface area contributed by atoms with E-state index in [1.807, 2.05) is 52.0 Å². The fourth-order valence-electron chi connectivity index (χ4n) is 7.45. The molecule has 1 fully saturated rings. The molecule has 4 rings (SSSR count). The van der Waals surface area contributed by atoms with Crippen LogP contribution in [-0.4, -0.2) is 76.6 Å². The third-order valence-electron chi connectivity index (χ3n) is 11.7. The van der Waals surface area contributed by atoms with Crippen molar-refractivity contribution in [1.29, 1.82) is 0 Å². The molecule has 0 spiro atoms. The summed E-state index contributed by atoms with van der Waals surface area (Å²) in [6.07, 6.45) is 2.18. The van der Waals surface area contributed by atoms with Crippen LogP contribution in [0.2, 0.25) is 23.2 Å². The van der Waals surface area contributed by atoms with Crippen LogP contribution >= 0.6 is 11.6 Å². The van der Waals surface area contributed by atoms with Gasteiger partial charge in [-0.15, -0.1) is 0 Å². The number of methoxy groups -OCH3 is 1. The third kappa shape index (κ3) is 13.3. The lowest BCUT2D eigenvalue weighted by Gasteiger charge is -2.37. The highest BCUT2D eigenvalue weighted by molar-refractivity contribution is 6.73. The van der Waals surface area contributed by atoms with Crippen LogP contribution in [0.15, 0.2) is 59.7 Å². The van der Waals surface area contributed by atoms with E-state index in [1.165, 1.54) is 13.2 Å². The Morgan fingerprint density at radius 2 is 1.68 bits per heavy atom. The molecule has 1 unspecified atom stereocenters. The van der Waals surface area contributed by atoms with E-state index in [0.29, 0.717) is 16.3 Å². The number of ether oxygens (including phenoxy) is 3. The minimum Gasteiger partial charge on any atom is -0.495 e. The third-order valence-corrected chi connectivity index (χ3v) is 16.6. The Hall–Kier alpha value is -4.40. The molecule has 2 aromatic carbocycles. The van der Waals surface area contributed by atoms with E-state index >= 15 is 0 Å². The number of cyclic esters (lactones) is 1. The number of rotatable bonds is 15. The number of halogens is 1. The second-order valence-electron chi connectivity index (χ2n) is 17.5. The maximum atomic E-state index is 14.6. The van der Waals surface area contributed by atoms with Gasteiger partial charge in [-0.3, -0.25) is 14.4 Å². The van der Waals surface area contributed by atoms with Crippen molar-refractivity contribution in [3.05, 3.63) is 86.8 Å². The summed E-state index contributed by atoms with van der Waals surface area (Å²) in [4.78, 5) is 59.4. The summed E-state index contributed by atoms with van der Waals surface area (Å²) in [6.45, 7) is 16.0. The van der Waals surface area contributed by atoms with Gasteiger partial charge in [0, 0.05) is 36.8 Å². The number of nitrogens with one attached hydrogen (secondary N) is 3. The van der Waals surface area contributed by atoms with Crippen LogP contribution in [-0.2, 0) is 46.0 Å². The number of carbonyl (C=O) groups excluding carboxylic acids is 4. The molecule has 2 aliphatic heterocycles. The van der Waals surface area contributed by atoms with Gasteiger partial charge >= 0.3 is 5.97 Å². The van der Waals surface area contributed by atoms with E-state index < -0.39 is 55.6 Å². The van der Waals surface area contributed by atoms with Gasteiger partial charge in [-0.05, 0) is 77.3 Å². The van der Waals surface area contributed by atoms with Crippen LogP contribution < -0.4 is 20.7 Å². The maximum Gasteiger partial charge on any atom is 0.328 e. The van der Waals surface area contributed by atoms with Gasteiger partial charge in [0.25, 0.3) is 0 Å². The fourth-order valence-corrected chi connectivity index (χ4v) is 10.5. The number of esters is 1. The van der Waals surface area contributed by atoms with Crippen molar-refractivity contribution in [2.75, 3.05) is 20.3 Å². The van der Waals surface area contributed by atoms with Crippen molar-refractivity contribution < 1.29 is 37.8 Å². The molecule has 2 aliphatic rings. The molecule has 16 heteroatoms. The summed E-state index contributed by atoms with van der Waals surface area (Å²) in [5.41, 5.74) is 9.47. The second kappa shape index (κ2) is 21.4. The SMILES string of the molecule is CC[Si](CC)(CC)OCC1(C)CNC(=O)[C@@H](Cc2ccc(OC)c(Cl)c2)NC(=O)C=CC[C@@H]([C@H](C)[C@H]2O[C@@H]2c2ccc(CN=[N+]=[N-])cc2)OC(=O)[C@H](CC(C)(C)C)NC1=O. The Labute approximate surface area is 360 Å². The summed E-state index contributed by atoms with van der Waals surface area (Å²) in [5, 5.41) is 12.8. The molecule has 14 nitrogen and oxygen atoms in total. The predicted molar refractivity (Wildman–Crippen MR) is 234 cm³/mol. The average Bonchev–Trinajstić information content (AvgIpc) is 4.02. The van der Waals surface area contributed by atoms with E-state index in [2.05, 4.69) is 46.7 Å². The smallest absolute Gasteiger partial charge is 0.328 e. The van der Waals surface area contributed by atoms with E-state index in [4.69, 9.17) is 35.8 Å². The van der Waals surface area contributed by atoms with Crippen LogP contribution in [0.25, 0.3) is 10.4 Å². The Balaban J connectivity index is 1.71. The van der Waals surface area contributed by atoms with Crippen molar-refractivity contribution in [3.8, 4) is 5.75 Å². The van der Waals surface area contributed by atoms with Gasteiger partial charge < -0.3 is 34.6 Å². The summed E-state index contributed by atoms with van der Waals surface area (Å²) >= 11 is 6.44. The number of hydrogen-bond donors (Lipinski definition) is 3. The lowest BCUT2D eigenvalue weighted by atomic mass is 9.86. The number of benzene rings is 2. The van der Waals surface area contributed by atoms with E-state index in [9.17, 15) is 19.2 Å². The molecule has 0 saturated carbocycles. The molecule has 0 radical (unpaired) electrons. The highest BCUT2D eigenvalue weighted by Gasteiger charge is 2.48. The average molecular weight is 868 g/mol. The van der Waals surface area contributed by atoms with Crippen LogP contribution in [0, 0.1) is 16.7 Å². The maximum absolute atomic E-state index is 14.6. The van der Waals surface area contributed by atoms with Crippen LogP contribution in [0.1, 0.15) is 91.0 Å². The van der Waals surface area contributed by atoms with E-state index in [1.54, 1.807) is 31.2 Å². The first-order chi connectivity index (χ1) is 28.4. The molecule has 2 heterocycles. The highest BCUT2D eigenvalue weighted by Crippen LogP contribution is 2.45. The molecule has 0 bridgehead atoms. The molecular weight excluding hydrogens is 804 g/mol. The number of epoxide rings is 1. The van der Waals surface area contributed by atoms with Crippen molar-refractivity contribution >= 4 is 43.6 Å². The molecule has 328 valence electrons. The zero-order chi connectivity index (χ0) is 44.3. The van der Waals surface area contributed by atoms with Crippen LogP contribution in [0.4, 0.5) is 0 Å². The summed E-state index contributed by atoms with van der Waals surface area (Å²) in [6, 6.07) is 13.2. The first-order valence-corrected chi connectivity index (χ1v) is 23.8. The molecule has 0 aromatic heterocycles. The highest BCUT2D eigenvalue weighted by atomic mass is 35.5. The molecule has 60 heavy (non-hydrogen) atoms. The van der Waals surface area contributed by atoms with E-state index in [-0.39, 0.29) is 62.5 Å². The van der Waals surface area contributed by atoms with Gasteiger partial charge in [-0.25, -0.2) is 4.79 Å². The topological polar surface area (TPSA) is 193 Å². The zero-order valence-corrected chi connectivity index (χ0v) is 38.3. The Kier molecular flexibility index (Phi) is 17.2. The van der Waals surface area contributed by atoms with Gasteiger partial charge in [0.15, 0.2) is 8.32 Å². The summed E-state index contributed by atoms with van der Waals surface area (Å²) < 4.78 is 24.5. The van der Waals surface area contributed by atoms with Crippen molar-refractivity contribution in [1.82, 2.24) is 16.0 Å². The molecule has 3 N–H and O–H groups in total. The molecule has 2 aromatic rings. The second-order valence-corrected chi connectivity index (χ2v) is 22.6. The van der Waals surface area contributed by atoms with Crippen molar-refractivity contribution in [3.63, 3.8) is 0 Å². The summed E-state index contributed by atoms with van der Waals surface area (Å²) in [5.74, 6) is -1.95. The van der Waals surface area contributed by atoms with Crippen LogP contribution in [0.3, 0.4) is 0 Å². The van der Waals surface area contributed by atoms with Crippen LogP contribution in [0.5, 0.6) is 5.75 Å². The number of carbonyl (C=O) groups is 4. The monoisotopic (exact) mass is 866 g/mol. The molecule has 7 atom stereocenters. The van der Waals surface area contributed by atoms with Gasteiger partial charge in [0.1, 0.15) is 30.0 Å². The van der Waals surface area contributed by atoms with Gasteiger partial charge in [-0.2, -0.15) is 0 Å². The number of nitrogens with zero attached hydrogens (tertiary/aromatic N) is 3. The summed E-state index contributed by atoms with van der Waals surface area (Å²) in [7, 11) is -0.703. The standard InChI is InChI=1S/C44H63ClN6O8Si/c1-10-60(11-2,12-3)57-27-44(8)26-47-40(53)33(23-30-18-21-36(56-9)32(45)22-30)49-37(52)15-13-14-35(58-41(54)34(50-42(44)55)24-43(5,6)7)28(4)38-39(59-38)31-19-16-29(17-20-31)25-48-51-46/h13,15-22,28,33-35,38-39H,10-12,14,23-27H2,1-9H3,(H,47,53)(H,49,52)(H,50,55)/t28-,33+,34-,35-,38+,39+,44?/m0/s1. The number of hydrogen-bond acceptors (Lipinski definition) is 9. The van der Waals surface area contributed by atoms with Gasteiger partial charge in [-0.1, -0.05) is 102 Å². The quantitative estimate of drug-likeness (QED) is 0.0402. The Bertz CT molecular complexity index is 1890. The van der Waals surface area contributed by atoms with Gasteiger partial charge in [0.2, 0.25) is 17.7 Å². The first kappa shape index (κ1) is 48.3. The van der Waals surface area contributed by atoms with Crippen molar-refractivity contribution in [2.45, 2.75) is 130 Å². The molecule has 3 amide bonds.